The monoisotopic (exact) mass is 422 g/mol. The van der Waals surface area contributed by atoms with E-state index in [0.29, 0.717) is 22.3 Å². The summed E-state index contributed by atoms with van der Waals surface area (Å²) in [6.45, 7) is 8.52. The van der Waals surface area contributed by atoms with E-state index in [0.717, 1.165) is 29.9 Å². The molecule has 0 radical (unpaired) electrons. The molecule has 3 fully saturated rings. The predicted molar refractivity (Wildman–Crippen MR) is 124 cm³/mol. The van der Waals surface area contributed by atoms with Crippen molar-refractivity contribution in [3.63, 3.8) is 0 Å². The maximum Gasteiger partial charge on any atom is 0.261 e. The van der Waals surface area contributed by atoms with E-state index in [2.05, 4.69) is 21.9 Å². The van der Waals surface area contributed by atoms with Gasteiger partial charge in [-0.15, -0.1) is 0 Å². The van der Waals surface area contributed by atoms with Crippen molar-refractivity contribution in [3.05, 3.63) is 57.8 Å². The summed E-state index contributed by atoms with van der Waals surface area (Å²) >= 11 is 6.21. The zero-order valence-corrected chi connectivity index (χ0v) is 18.3. The molecule has 3 aliphatic heterocycles. The highest BCUT2D eigenvalue weighted by molar-refractivity contribution is 6.30. The Hall–Kier alpha value is -2.37. The molecule has 0 N–H and O–H groups in total. The van der Waals surface area contributed by atoms with E-state index in [-0.39, 0.29) is 11.6 Å². The Morgan fingerprint density at radius 1 is 1.03 bits per heavy atom. The molecule has 4 heterocycles. The van der Waals surface area contributed by atoms with E-state index in [1.807, 2.05) is 44.2 Å². The second-order valence-corrected chi connectivity index (χ2v) is 9.12. The van der Waals surface area contributed by atoms with Gasteiger partial charge in [-0.3, -0.25) is 9.36 Å². The molecule has 1 aromatic heterocycles. The number of rotatable bonds is 3. The lowest BCUT2D eigenvalue weighted by Gasteiger charge is -2.33. The van der Waals surface area contributed by atoms with Crippen LogP contribution in [0.25, 0.3) is 22.3 Å². The normalized spacial score (nSPS) is 21.4. The molecular formula is C24H27ClN4O. The Balaban J connectivity index is 1.65. The van der Waals surface area contributed by atoms with Gasteiger partial charge >= 0.3 is 0 Å². The Labute approximate surface area is 181 Å². The Kier molecular flexibility index (Phi) is 5.03. The molecule has 0 spiro atoms. The van der Waals surface area contributed by atoms with Crippen LogP contribution in [0.5, 0.6) is 0 Å². The largest absolute Gasteiger partial charge is 0.367 e. The lowest BCUT2D eigenvalue weighted by molar-refractivity contribution is 0.250. The van der Waals surface area contributed by atoms with Crippen molar-refractivity contribution in [3.8, 4) is 11.4 Å². The van der Waals surface area contributed by atoms with Crippen LogP contribution in [0.3, 0.4) is 0 Å². The van der Waals surface area contributed by atoms with Gasteiger partial charge < -0.3 is 9.80 Å². The standard InChI is InChI=1S/C24H27ClN4O/c1-16(2)29-23(17-4-3-5-18(25)14-17)26-22-7-6-20(15-21(22)24(29)30)28-13-12-27-10-8-19(28)9-11-27/h3-7,14-16,19H,8-13H2,1-2H3. The lowest BCUT2D eigenvalue weighted by Crippen LogP contribution is -2.38. The van der Waals surface area contributed by atoms with Gasteiger partial charge in [-0.05, 0) is 57.0 Å². The zero-order chi connectivity index (χ0) is 20.8. The van der Waals surface area contributed by atoms with Gasteiger partial charge in [0.1, 0.15) is 5.82 Å². The number of hydrogen-bond donors (Lipinski definition) is 0. The topological polar surface area (TPSA) is 41.4 Å². The lowest BCUT2D eigenvalue weighted by atomic mass is 10.0. The van der Waals surface area contributed by atoms with Gasteiger partial charge in [0, 0.05) is 54.5 Å². The summed E-state index contributed by atoms with van der Waals surface area (Å²) in [6, 6.07) is 14.3. The van der Waals surface area contributed by atoms with Crippen molar-refractivity contribution < 1.29 is 0 Å². The minimum absolute atomic E-state index is 0.00591. The number of halogens is 1. The molecule has 0 atom stereocenters. The van der Waals surface area contributed by atoms with Gasteiger partial charge in [0.15, 0.2) is 0 Å². The Morgan fingerprint density at radius 3 is 2.57 bits per heavy atom. The molecule has 0 amide bonds. The average Bonchev–Trinajstić information content (AvgIpc) is 3.07. The number of nitrogens with zero attached hydrogens (tertiary/aromatic N) is 4. The Morgan fingerprint density at radius 2 is 1.83 bits per heavy atom. The first kappa shape index (κ1) is 19.6. The third-order valence-corrected chi connectivity index (χ3v) is 6.70. The smallest absolute Gasteiger partial charge is 0.261 e. The molecule has 3 aliphatic rings. The van der Waals surface area contributed by atoms with E-state index >= 15 is 0 Å². The first-order valence-corrected chi connectivity index (χ1v) is 11.2. The summed E-state index contributed by atoms with van der Waals surface area (Å²) in [7, 11) is 0. The van der Waals surface area contributed by atoms with Crippen molar-refractivity contribution in [2.24, 2.45) is 0 Å². The van der Waals surface area contributed by atoms with Crippen LogP contribution in [0.15, 0.2) is 47.3 Å². The van der Waals surface area contributed by atoms with Crippen LogP contribution in [0.1, 0.15) is 32.7 Å². The number of benzene rings is 2. The van der Waals surface area contributed by atoms with Crippen molar-refractivity contribution >= 4 is 28.2 Å². The predicted octanol–water partition coefficient (Wildman–Crippen LogP) is 4.58. The molecule has 2 bridgehead atoms. The highest BCUT2D eigenvalue weighted by Crippen LogP contribution is 2.30. The first-order valence-electron chi connectivity index (χ1n) is 10.8. The SMILES string of the molecule is CC(C)n1c(-c2cccc(Cl)c2)nc2ccc(N3CCN4CCC3CC4)cc2c1=O. The fourth-order valence-electron chi connectivity index (χ4n) is 4.90. The molecule has 3 aromatic rings. The van der Waals surface area contributed by atoms with Gasteiger partial charge in [0.2, 0.25) is 0 Å². The van der Waals surface area contributed by atoms with Gasteiger partial charge in [0.05, 0.1) is 10.9 Å². The van der Waals surface area contributed by atoms with E-state index in [4.69, 9.17) is 16.6 Å². The van der Waals surface area contributed by atoms with Gasteiger partial charge in [-0.2, -0.15) is 0 Å². The number of aromatic nitrogens is 2. The molecule has 0 saturated carbocycles. The molecule has 2 aromatic carbocycles. The molecule has 6 heteroatoms. The second-order valence-electron chi connectivity index (χ2n) is 8.68. The first-order chi connectivity index (χ1) is 14.5. The van der Waals surface area contributed by atoms with Crippen LogP contribution >= 0.6 is 11.6 Å². The molecule has 30 heavy (non-hydrogen) atoms. The van der Waals surface area contributed by atoms with Crippen LogP contribution in [0, 0.1) is 0 Å². The van der Waals surface area contributed by atoms with Crippen LogP contribution in [0.2, 0.25) is 5.02 Å². The average molecular weight is 423 g/mol. The fourth-order valence-corrected chi connectivity index (χ4v) is 5.09. The summed E-state index contributed by atoms with van der Waals surface area (Å²) < 4.78 is 1.79. The van der Waals surface area contributed by atoms with Crippen molar-refractivity contribution in [1.82, 2.24) is 14.5 Å². The summed E-state index contributed by atoms with van der Waals surface area (Å²) in [6.07, 6.45) is 2.39. The quantitative estimate of drug-likeness (QED) is 0.619. The van der Waals surface area contributed by atoms with E-state index in [9.17, 15) is 4.79 Å². The summed E-state index contributed by atoms with van der Waals surface area (Å²) in [4.78, 5) is 23.5. The Bertz CT molecular complexity index is 1150. The minimum Gasteiger partial charge on any atom is -0.367 e. The second kappa shape index (κ2) is 7.71. The van der Waals surface area contributed by atoms with Crippen molar-refractivity contribution in [2.75, 3.05) is 31.1 Å². The maximum absolute atomic E-state index is 13.6. The fraction of sp³-hybridized carbons (Fsp3) is 0.417. The molecule has 6 rings (SSSR count). The number of anilines is 1. The molecule has 3 saturated heterocycles. The van der Waals surface area contributed by atoms with Gasteiger partial charge in [0.25, 0.3) is 5.56 Å². The van der Waals surface area contributed by atoms with Crippen LogP contribution < -0.4 is 10.5 Å². The highest BCUT2D eigenvalue weighted by Gasteiger charge is 2.29. The third kappa shape index (κ3) is 3.40. The van der Waals surface area contributed by atoms with Crippen molar-refractivity contribution in [1.29, 1.82) is 0 Å². The molecule has 156 valence electrons. The van der Waals surface area contributed by atoms with E-state index in [1.165, 1.54) is 25.9 Å². The van der Waals surface area contributed by atoms with E-state index in [1.54, 1.807) is 4.57 Å². The van der Waals surface area contributed by atoms with Crippen LogP contribution in [0.4, 0.5) is 5.69 Å². The zero-order valence-electron chi connectivity index (χ0n) is 17.5. The number of piperidine rings is 1. The van der Waals surface area contributed by atoms with Crippen LogP contribution in [-0.2, 0) is 0 Å². The molecule has 5 nitrogen and oxygen atoms in total. The molecule has 0 unspecified atom stereocenters. The van der Waals surface area contributed by atoms with Crippen LogP contribution in [-0.4, -0.2) is 46.7 Å². The summed E-state index contributed by atoms with van der Waals surface area (Å²) in [5, 5.41) is 1.32. The van der Waals surface area contributed by atoms with E-state index < -0.39 is 0 Å². The summed E-state index contributed by atoms with van der Waals surface area (Å²) in [5.74, 6) is 0.666. The highest BCUT2D eigenvalue weighted by atomic mass is 35.5. The van der Waals surface area contributed by atoms with Gasteiger partial charge in [-0.25, -0.2) is 4.98 Å². The molecular weight excluding hydrogens is 396 g/mol. The molecule has 0 aliphatic carbocycles. The van der Waals surface area contributed by atoms with Crippen molar-refractivity contribution in [2.45, 2.75) is 38.8 Å². The maximum atomic E-state index is 13.6. The minimum atomic E-state index is -0.00591. The summed E-state index contributed by atoms with van der Waals surface area (Å²) in [5.41, 5.74) is 2.74. The van der Waals surface area contributed by atoms with Gasteiger partial charge in [-0.1, -0.05) is 23.7 Å². The number of fused-ring (bicyclic) bond motifs is 5. The number of hydrogen-bond acceptors (Lipinski definition) is 4. The third-order valence-electron chi connectivity index (χ3n) is 6.47.